The van der Waals surface area contributed by atoms with Crippen molar-refractivity contribution in [2.45, 2.75) is 115 Å². The van der Waals surface area contributed by atoms with Gasteiger partial charge in [0.05, 0.1) is 25.7 Å². The number of nitrogens with one attached hydrogen (secondary N) is 1. The second-order valence-corrected chi connectivity index (χ2v) is 13.6. The number of carbonyl (C=O) groups is 3. The molecule has 13 heteroatoms. The van der Waals surface area contributed by atoms with Gasteiger partial charge in [-0.05, 0) is 83.8 Å². The third-order valence-corrected chi connectivity index (χ3v) is 9.57. The number of amides is 1. The number of hydrogen-bond acceptors (Lipinski definition) is 10. The molecule has 0 unspecified atom stereocenters. The zero-order valence-corrected chi connectivity index (χ0v) is 27.9. The van der Waals surface area contributed by atoms with E-state index in [1.807, 2.05) is 51.2 Å². The summed E-state index contributed by atoms with van der Waals surface area (Å²) in [6.45, 7) is 12.3. The fraction of sp³-hybridized carbons (Fsp3) is 0.667. The Morgan fingerprint density at radius 3 is 2.57 bits per heavy atom. The van der Waals surface area contributed by atoms with Crippen LogP contribution in [0.3, 0.4) is 0 Å². The lowest BCUT2D eigenvalue weighted by atomic mass is 9.67. The molecule has 2 radical (unpaired) electrons. The number of ether oxygens (including phenoxy) is 2. The van der Waals surface area contributed by atoms with E-state index in [2.05, 4.69) is 15.6 Å². The summed E-state index contributed by atoms with van der Waals surface area (Å²) in [7, 11) is 6.27. The molecule has 250 valence electrons. The van der Waals surface area contributed by atoms with Crippen molar-refractivity contribution in [3.8, 4) is 11.3 Å². The number of anilines is 1. The number of esters is 1. The number of hydrogen-bond donors (Lipinski definition) is 3. The molecule has 0 bridgehead atoms. The third-order valence-electron chi connectivity index (χ3n) is 9.57. The maximum atomic E-state index is 13.5. The van der Waals surface area contributed by atoms with E-state index in [-0.39, 0.29) is 18.4 Å². The summed E-state index contributed by atoms with van der Waals surface area (Å²) in [5.74, 6) is -3.02. The Morgan fingerprint density at radius 1 is 1.15 bits per heavy atom. The van der Waals surface area contributed by atoms with Gasteiger partial charge >= 0.3 is 12.1 Å². The molecule has 2 aliphatic heterocycles. The molecular weight excluding hydrogens is 587 g/mol. The van der Waals surface area contributed by atoms with E-state index in [1.165, 1.54) is 6.92 Å². The van der Waals surface area contributed by atoms with Gasteiger partial charge in [-0.2, -0.15) is 0 Å². The van der Waals surface area contributed by atoms with Gasteiger partial charge in [-0.15, -0.1) is 5.10 Å². The van der Waals surface area contributed by atoms with Gasteiger partial charge < -0.3 is 25.6 Å². The minimum absolute atomic E-state index is 0.00126. The lowest BCUT2D eigenvalue weighted by Crippen LogP contribution is -2.60. The molecule has 4 rings (SSSR count). The Hall–Kier alpha value is -3.45. The number of carbonyl (C=O) groups excluding carboxylic acids is 3. The van der Waals surface area contributed by atoms with Crippen molar-refractivity contribution in [1.29, 1.82) is 0 Å². The first-order chi connectivity index (χ1) is 21.7. The Morgan fingerprint density at radius 2 is 1.87 bits per heavy atom. The summed E-state index contributed by atoms with van der Waals surface area (Å²) in [5, 5.41) is 23.2. The number of aryl methyl sites for hydroxylation is 1. The minimum atomic E-state index is -1.32. The van der Waals surface area contributed by atoms with Gasteiger partial charge in [0.25, 0.3) is 0 Å². The summed E-state index contributed by atoms with van der Waals surface area (Å²) in [6.07, 6.45) is 2.56. The molecule has 0 saturated carbocycles. The lowest BCUT2D eigenvalue weighted by Gasteiger charge is -2.41. The molecular formula is C33H49BN6O6. The zero-order chi connectivity index (χ0) is 33.8. The summed E-state index contributed by atoms with van der Waals surface area (Å²) in [6, 6.07) is 6.74. The monoisotopic (exact) mass is 636 g/mol. The van der Waals surface area contributed by atoms with Gasteiger partial charge in [0.1, 0.15) is 23.5 Å². The largest absolute Gasteiger partial charge is 0.458 e. The van der Waals surface area contributed by atoms with Gasteiger partial charge in [-0.25, -0.2) is 4.79 Å². The van der Waals surface area contributed by atoms with Crippen LogP contribution in [-0.2, 0) is 25.6 Å². The molecule has 12 nitrogen and oxygen atoms in total. The highest BCUT2D eigenvalue weighted by atomic mass is 16.6. The highest BCUT2D eigenvalue weighted by Crippen LogP contribution is 2.39. The lowest BCUT2D eigenvalue weighted by molar-refractivity contribution is -0.169. The van der Waals surface area contributed by atoms with E-state index in [0.29, 0.717) is 44.6 Å². The van der Waals surface area contributed by atoms with Crippen molar-refractivity contribution in [2.24, 2.45) is 11.8 Å². The summed E-state index contributed by atoms with van der Waals surface area (Å²) >= 11 is 0. The van der Waals surface area contributed by atoms with E-state index >= 15 is 0 Å². The second-order valence-electron chi connectivity index (χ2n) is 13.6. The maximum absolute atomic E-state index is 13.5. The molecule has 2 saturated heterocycles. The predicted octanol–water partition coefficient (Wildman–Crippen LogP) is 3.53. The molecule has 1 aromatic carbocycles. The quantitative estimate of drug-likeness (QED) is 0.135. The van der Waals surface area contributed by atoms with Crippen LogP contribution in [0.25, 0.3) is 11.3 Å². The van der Waals surface area contributed by atoms with E-state index in [9.17, 15) is 19.5 Å². The highest BCUT2D eigenvalue weighted by Gasteiger charge is 2.58. The number of nitrogens with zero attached hydrogens (tertiary/aromatic N) is 4. The zero-order valence-electron chi connectivity index (χ0n) is 27.9. The Bertz CT molecular complexity index is 1390. The average Bonchev–Trinajstić information content (AvgIpc) is 3.57. The SMILES string of the molecule is [B][C@@H]1CC(=O)[C@@H](C)C(=O)O[C@H](CC)[C@@]2(C)OC(=O)N(CCCCn3cc(-c4cccc(N)c4)nn3)[C@@H]2[C@@H](C)NC[C@H](C)C[C@]1(C)O. The fourth-order valence-electron chi connectivity index (χ4n) is 6.80. The van der Waals surface area contributed by atoms with Crippen LogP contribution in [-0.4, -0.2) is 93.2 Å². The number of ketones is 1. The number of nitrogens with two attached hydrogens (primary N) is 1. The summed E-state index contributed by atoms with van der Waals surface area (Å²) in [4.78, 5) is 41.5. The van der Waals surface area contributed by atoms with Crippen LogP contribution in [0.5, 0.6) is 0 Å². The molecule has 1 amide bonds. The van der Waals surface area contributed by atoms with Crippen molar-refractivity contribution in [3.63, 3.8) is 0 Å². The topological polar surface area (TPSA) is 162 Å². The van der Waals surface area contributed by atoms with Gasteiger partial charge in [-0.1, -0.05) is 31.2 Å². The molecule has 2 aromatic rings. The standard InChI is InChI=1S/C33H49BN6O6/c1-7-28-33(6)29(22(4)36-18-20(2)17-32(5,44)27(34)16-26(41)21(3)30(42)45-28)40(31(43)46-33)14-9-8-13-39-19-25(37-38-39)23-11-10-12-24(35)15-23/h10-12,15,19-22,27-29,36,44H,7-9,13-14,16-18,35H2,1-6H3/t20-,21-,22-,27-,28-,29-,32+,33-/m1/s1. The number of benzene rings is 1. The number of aromatic nitrogens is 3. The van der Waals surface area contributed by atoms with E-state index < -0.39 is 52.9 Å². The first-order valence-corrected chi connectivity index (χ1v) is 16.4. The molecule has 46 heavy (non-hydrogen) atoms. The first-order valence-electron chi connectivity index (χ1n) is 16.4. The molecule has 3 heterocycles. The van der Waals surface area contributed by atoms with Crippen LogP contribution in [0.4, 0.5) is 10.5 Å². The van der Waals surface area contributed by atoms with Crippen molar-refractivity contribution >= 4 is 31.4 Å². The Labute approximate surface area is 273 Å². The molecule has 0 aliphatic carbocycles. The van der Waals surface area contributed by atoms with Crippen LogP contribution >= 0.6 is 0 Å². The van der Waals surface area contributed by atoms with Gasteiger partial charge in [0.15, 0.2) is 5.60 Å². The number of aliphatic hydroxyl groups is 1. The van der Waals surface area contributed by atoms with E-state index in [1.54, 1.807) is 23.4 Å². The van der Waals surface area contributed by atoms with Crippen LogP contribution in [0, 0.1) is 11.8 Å². The maximum Gasteiger partial charge on any atom is 0.410 e. The van der Waals surface area contributed by atoms with Crippen molar-refractivity contribution in [1.82, 2.24) is 25.2 Å². The van der Waals surface area contributed by atoms with Crippen molar-refractivity contribution < 1.29 is 29.0 Å². The van der Waals surface area contributed by atoms with E-state index in [4.69, 9.17) is 23.1 Å². The molecule has 2 aliphatic rings. The summed E-state index contributed by atoms with van der Waals surface area (Å²) < 4.78 is 13.8. The van der Waals surface area contributed by atoms with Crippen LogP contribution in [0.1, 0.15) is 73.6 Å². The van der Waals surface area contributed by atoms with Crippen LogP contribution < -0.4 is 11.1 Å². The second kappa shape index (κ2) is 14.5. The summed E-state index contributed by atoms with van der Waals surface area (Å²) in [5.41, 5.74) is 5.69. The van der Waals surface area contributed by atoms with Gasteiger partial charge in [0.2, 0.25) is 0 Å². The van der Waals surface area contributed by atoms with Crippen LogP contribution in [0.15, 0.2) is 30.5 Å². The first kappa shape index (κ1) is 35.4. The average molecular weight is 637 g/mol. The van der Waals surface area contributed by atoms with E-state index in [0.717, 1.165) is 17.7 Å². The number of cyclic esters (lactones) is 1. The number of fused-ring (bicyclic) bond motifs is 1. The number of rotatable bonds is 7. The predicted molar refractivity (Wildman–Crippen MR) is 175 cm³/mol. The van der Waals surface area contributed by atoms with Crippen molar-refractivity contribution in [3.05, 3.63) is 30.5 Å². The Balaban J connectivity index is 1.51. The van der Waals surface area contributed by atoms with Crippen molar-refractivity contribution in [2.75, 3.05) is 18.8 Å². The fourth-order valence-corrected chi connectivity index (χ4v) is 6.80. The van der Waals surface area contributed by atoms with Gasteiger partial charge in [-0.3, -0.25) is 19.2 Å². The number of unbranched alkanes of at least 4 members (excludes halogenated alkanes) is 1. The molecule has 0 spiro atoms. The van der Waals surface area contributed by atoms with Crippen LogP contribution in [0.2, 0.25) is 5.82 Å². The smallest absolute Gasteiger partial charge is 0.410 e. The third kappa shape index (κ3) is 7.91. The molecule has 4 N–H and O–H groups in total. The number of nitrogen functional groups attached to an aromatic ring is 1. The highest BCUT2D eigenvalue weighted by molar-refractivity contribution is 6.15. The Kier molecular flexibility index (Phi) is 11.2. The molecule has 8 atom stereocenters. The molecule has 2 fully saturated rings. The number of Topliss-reactive ketones (excluding diaryl/α,β-unsaturated/α-hetero) is 1. The minimum Gasteiger partial charge on any atom is -0.458 e. The van der Waals surface area contributed by atoms with Gasteiger partial charge in [0, 0.05) is 36.8 Å². The normalized spacial score (nSPS) is 33.1. The molecule has 1 aromatic heterocycles.